The second-order valence-corrected chi connectivity index (χ2v) is 5.96. The lowest BCUT2D eigenvalue weighted by Gasteiger charge is -2.12. The quantitative estimate of drug-likeness (QED) is 0.573. The molecule has 120 valence electrons. The van der Waals surface area contributed by atoms with Crippen molar-refractivity contribution < 1.29 is 0 Å². The molecule has 0 bridgehead atoms. The highest BCUT2D eigenvalue weighted by molar-refractivity contribution is 9.10. The number of anilines is 3. The molecule has 0 aliphatic carbocycles. The van der Waals surface area contributed by atoms with Crippen LogP contribution in [0.4, 0.5) is 17.3 Å². The van der Waals surface area contributed by atoms with Crippen molar-refractivity contribution in [2.24, 2.45) is 0 Å². The predicted molar refractivity (Wildman–Crippen MR) is 104 cm³/mol. The highest BCUT2D eigenvalue weighted by atomic mass is 79.9. The van der Waals surface area contributed by atoms with Gasteiger partial charge < -0.3 is 10.6 Å². The summed E-state index contributed by atoms with van der Waals surface area (Å²) in [6.07, 6.45) is 1.80. The number of para-hydroxylation sites is 1. The minimum Gasteiger partial charge on any atom is -0.366 e. The van der Waals surface area contributed by atoms with Crippen LogP contribution >= 0.6 is 15.9 Å². The van der Waals surface area contributed by atoms with E-state index in [9.17, 15) is 0 Å². The highest BCUT2D eigenvalue weighted by Gasteiger charge is 2.08. The third kappa shape index (κ3) is 4.00. The fourth-order valence-corrected chi connectivity index (χ4v) is 2.58. The summed E-state index contributed by atoms with van der Waals surface area (Å²) in [7, 11) is 0. The summed E-state index contributed by atoms with van der Waals surface area (Å²) in [5.41, 5.74) is 1.92. The summed E-state index contributed by atoms with van der Waals surface area (Å²) >= 11 is 3.54. The first-order chi connectivity index (χ1) is 11.8. The zero-order valence-corrected chi connectivity index (χ0v) is 14.6. The van der Waals surface area contributed by atoms with Gasteiger partial charge in [0.15, 0.2) is 5.82 Å². The standard InChI is InChI=1S/C19H17BrN4/c1-2-12-21-17-13-18(22-16-11-7-6-10-15(16)20)24-19(23-17)14-8-4-3-5-9-14/h2-11,13H,1,12H2,(H2,21,22,23,24). The molecule has 1 aromatic heterocycles. The second kappa shape index (κ2) is 7.75. The van der Waals surface area contributed by atoms with Gasteiger partial charge in [0, 0.05) is 22.6 Å². The average Bonchev–Trinajstić information content (AvgIpc) is 2.62. The summed E-state index contributed by atoms with van der Waals surface area (Å²) in [5.74, 6) is 2.14. The molecule has 0 aliphatic rings. The van der Waals surface area contributed by atoms with Crippen LogP contribution in [0.5, 0.6) is 0 Å². The first-order valence-electron chi connectivity index (χ1n) is 7.57. The van der Waals surface area contributed by atoms with Gasteiger partial charge in [-0.3, -0.25) is 0 Å². The van der Waals surface area contributed by atoms with Crippen molar-refractivity contribution in [1.82, 2.24) is 9.97 Å². The summed E-state index contributed by atoms with van der Waals surface area (Å²) in [4.78, 5) is 9.22. The molecule has 5 heteroatoms. The molecule has 0 spiro atoms. The maximum atomic E-state index is 4.64. The molecule has 0 saturated heterocycles. The maximum Gasteiger partial charge on any atom is 0.163 e. The molecule has 3 aromatic rings. The van der Waals surface area contributed by atoms with Crippen LogP contribution in [0.15, 0.2) is 77.8 Å². The maximum absolute atomic E-state index is 4.64. The van der Waals surface area contributed by atoms with E-state index in [1.807, 2.05) is 60.7 Å². The Morgan fingerprint density at radius 2 is 1.67 bits per heavy atom. The zero-order chi connectivity index (χ0) is 16.8. The number of halogens is 1. The van der Waals surface area contributed by atoms with Crippen LogP contribution in [0.2, 0.25) is 0 Å². The normalized spacial score (nSPS) is 10.2. The fourth-order valence-electron chi connectivity index (χ4n) is 2.20. The molecule has 0 fully saturated rings. The van der Waals surface area contributed by atoms with Crippen LogP contribution in [0.1, 0.15) is 0 Å². The third-order valence-electron chi connectivity index (χ3n) is 3.32. The van der Waals surface area contributed by atoms with Gasteiger partial charge >= 0.3 is 0 Å². The van der Waals surface area contributed by atoms with Crippen LogP contribution in [-0.4, -0.2) is 16.5 Å². The van der Waals surface area contributed by atoms with E-state index in [1.54, 1.807) is 6.08 Å². The molecule has 0 atom stereocenters. The van der Waals surface area contributed by atoms with E-state index in [-0.39, 0.29) is 0 Å². The van der Waals surface area contributed by atoms with E-state index in [0.29, 0.717) is 12.4 Å². The van der Waals surface area contributed by atoms with E-state index < -0.39 is 0 Å². The molecular weight excluding hydrogens is 364 g/mol. The predicted octanol–water partition coefficient (Wildman–Crippen LogP) is 5.25. The van der Waals surface area contributed by atoms with Crippen molar-refractivity contribution in [3.05, 3.63) is 77.8 Å². The van der Waals surface area contributed by atoms with Crippen LogP contribution in [-0.2, 0) is 0 Å². The third-order valence-corrected chi connectivity index (χ3v) is 4.01. The summed E-state index contributed by atoms with van der Waals surface area (Å²) < 4.78 is 0.977. The van der Waals surface area contributed by atoms with Crippen molar-refractivity contribution in [3.8, 4) is 11.4 Å². The van der Waals surface area contributed by atoms with Crippen LogP contribution in [0.3, 0.4) is 0 Å². The van der Waals surface area contributed by atoms with Crippen LogP contribution in [0.25, 0.3) is 11.4 Å². The van der Waals surface area contributed by atoms with Crippen molar-refractivity contribution in [2.75, 3.05) is 17.2 Å². The minimum absolute atomic E-state index is 0.639. The summed E-state index contributed by atoms with van der Waals surface area (Å²) in [5, 5.41) is 6.56. The molecule has 0 amide bonds. The average molecular weight is 381 g/mol. The molecule has 2 N–H and O–H groups in total. The van der Waals surface area contributed by atoms with E-state index in [1.165, 1.54) is 0 Å². The second-order valence-electron chi connectivity index (χ2n) is 5.10. The summed E-state index contributed by atoms with van der Waals surface area (Å²) in [6, 6.07) is 19.7. The Bertz CT molecular complexity index is 834. The Labute approximate surface area is 149 Å². The smallest absolute Gasteiger partial charge is 0.163 e. The first-order valence-corrected chi connectivity index (χ1v) is 8.36. The molecule has 24 heavy (non-hydrogen) atoms. The van der Waals surface area contributed by atoms with Gasteiger partial charge in [-0.15, -0.1) is 6.58 Å². The van der Waals surface area contributed by atoms with Crippen LogP contribution < -0.4 is 10.6 Å². The number of rotatable bonds is 6. The number of hydrogen-bond donors (Lipinski definition) is 2. The van der Waals surface area contributed by atoms with Crippen molar-refractivity contribution in [3.63, 3.8) is 0 Å². The zero-order valence-electron chi connectivity index (χ0n) is 13.0. The van der Waals surface area contributed by atoms with Crippen molar-refractivity contribution >= 4 is 33.3 Å². The Hall–Kier alpha value is -2.66. The van der Waals surface area contributed by atoms with E-state index >= 15 is 0 Å². The van der Waals surface area contributed by atoms with Gasteiger partial charge in [0.05, 0.1) is 5.69 Å². The molecule has 1 heterocycles. The van der Waals surface area contributed by atoms with Gasteiger partial charge in [0.25, 0.3) is 0 Å². The fraction of sp³-hybridized carbons (Fsp3) is 0.0526. The molecule has 0 aliphatic heterocycles. The number of nitrogens with zero attached hydrogens (tertiary/aromatic N) is 2. The molecule has 0 radical (unpaired) electrons. The highest BCUT2D eigenvalue weighted by Crippen LogP contribution is 2.27. The molecule has 3 rings (SSSR count). The van der Waals surface area contributed by atoms with Gasteiger partial charge in [-0.05, 0) is 28.1 Å². The Morgan fingerprint density at radius 3 is 2.42 bits per heavy atom. The van der Waals surface area contributed by atoms with Gasteiger partial charge in [0.2, 0.25) is 0 Å². The molecule has 2 aromatic carbocycles. The van der Waals surface area contributed by atoms with Gasteiger partial charge in [-0.25, -0.2) is 9.97 Å². The molecule has 4 nitrogen and oxygen atoms in total. The Balaban J connectivity index is 1.98. The lowest BCUT2D eigenvalue weighted by molar-refractivity contribution is 1.15. The molecule has 0 unspecified atom stereocenters. The SMILES string of the molecule is C=CCNc1cc(Nc2ccccc2Br)nc(-c2ccccc2)n1. The lowest BCUT2D eigenvalue weighted by atomic mass is 10.2. The Morgan fingerprint density at radius 1 is 0.958 bits per heavy atom. The van der Waals surface area contributed by atoms with Crippen molar-refractivity contribution in [2.45, 2.75) is 0 Å². The number of hydrogen-bond acceptors (Lipinski definition) is 4. The number of benzene rings is 2. The topological polar surface area (TPSA) is 49.8 Å². The van der Waals surface area contributed by atoms with E-state index in [2.05, 4.69) is 43.1 Å². The molecular formula is C19H17BrN4. The monoisotopic (exact) mass is 380 g/mol. The summed E-state index contributed by atoms with van der Waals surface area (Å²) in [6.45, 7) is 4.37. The Kier molecular flexibility index (Phi) is 5.23. The van der Waals surface area contributed by atoms with E-state index in [0.717, 1.165) is 27.4 Å². The number of nitrogens with one attached hydrogen (secondary N) is 2. The van der Waals surface area contributed by atoms with Gasteiger partial charge in [-0.2, -0.15) is 0 Å². The molecule has 0 saturated carbocycles. The van der Waals surface area contributed by atoms with E-state index in [4.69, 9.17) is 0 Å². The first kappa shape index (κ1) is 16.2. The largest absolute Gasteiger partial charge is 0.366 e. The van der Waals surface area contributed by atoms with Crippen LogP contribution in [0, 0.1) is 0 Å². The van der Waals surface area contributed by atoms with Gasteiger partial charge in [0.1, 0.15) is 11.6 Å². The number of aromatic nitrogens is 2. The minimum atomic E-state index is 0.639. The lowest BCUT2D eigenvalue weighted by Crippen LogP contribution is -2.05. The van der Waals surface area contributed by atoms with Gasteiger partial charge in [-0.1, -0.05) is 48.5 Å². The van der Waals surface area contributed by atoms with Crippen molar-refractivity contribution in [1.29, 1.82) is 0 Å².